The van der Waals surface area contributed by atoms with Crippen LogP contribution in [0.1, 0.15) is 44.0 Å². The maximum Gasteiger partial charge on any atom is 0.246 e. The zero-order chi connectivity index (χ0) is 19.4. The van der Waals surface area contributed by atoms with E-state index in [-0.39, 0.29) is 5.91 Å². The Hall–Kier alpha value is -2.41. The number of aromatic nitrogens is 3. The smallest absolute Gasteiger partial charge is 0.246 e. The normalized spacial score (nSPS) is 15.8. The second kappa shape index (κ2) is 8.52. The molecule has 6 nitrogen and oxygen atoms in total. The first kappa shape index (κ1) is 19.4. The molecule has 1 aliphatic heterocycles. The van der Waals surface area contributed by atoms with Crippen LogP contribution in [0.15, 0.2) is 30.3 Å². The number of rotatable bonds is 5. The van der Waals surface area contributed by atoms with Crippen molar-refractivity contribution in [1.29, 1.82) is 0 Å². The number of carbonyl (C=O) groups excluding carboxylic acids is 1. The van der Waals surface area contributed by atoms with Gasteiger partial charge in [-0.05, 0) is 50.5 Å². The molecule has 1 saturated heterocycles. The van der Waals surface area contributed by atoms with Crippen molar-refractivity contribution < 1.29 is 9.53 Å². The molecule has 2 heterocycles. The Kier molecular flexibility index (Phi) is 6.11. The summed E-state index contributed by atoms with van der Waals surface area (Å²) in [5.41, 5.74) is 1.85. The number of ether oxygens (including phenoxy) is 1. The number of methoxy groups -OCH3 is 1. The van der Waals surface area contributed by atoms with Gasteiger partial charge in [0.05, 0.1) is 7.11 Å². The van der Waals surface area contributed by atoms with E-state index >= 15 is 0 Å². The minimum absolute atomic E-state index is 0.0474. The van der Waals surface area contributed by atoms with Gasteiger partial charge in [-0.15, -0.1) is 0 Å². The highest BCUT2D eigenvalue weighted by Gasteiger charge is 2.26. The molecule has 1 N–H and O–H groups in total. The Morgan fingerprint density at radius 2 is 2.07 bits per heavy atom. The molecule has 0 unspecified atom stereocenters. The summed E-state index contributed by atoms with van der Waals surface area (Å²) in [7, 11) is 1.64. The number of amides is 1. The average Bonchev–Trinajstić information content (AvgIpc) is 3.08. The van der Waals surface area contributed by atoms with Crippen molar-refractivity contribution in [1.82, 2.24) is 19.7 Å². The Morgan fingerprint density at radius 3 is 2.74 bits per heavy atom. The summed E-state index contributed by atoms with van der Waals surface area (Å²) in [5, 5.41) is 7.29. The van der Waals surface area contributed by atoms with Crippen molar-refractivity contribution in [2.45, 2.75) is 39.2 Å². The van der Waals surface area contributed by atoms with E-state index in [1.165, 1.54) is 0 Å². The first-order chi connectivity index (χ1) is 13.0. The summed E-state index contributed by atoms with van der Waals surface area (Å²) in [4.78, 5) is 14.6. The van der Waals surface area contributed by atoms with Gasteiger partial charge in [-0.2, -0.15) is 5.10 Å². The highest BCUT2D eigenvalue weighted by atomic mass is 32.1. The van der Waals surface area contributed by atoms with Crippen LogP contribution in [0.3, 0.4) is 0 Å². The molecule has 1 fully saturated rings. The third-order valence-electron chi connectivity index (χ3n) is 5.15. The first-order valence-corrected chi connectivity index (χ1v) is 9.71. The minimum atomic E-state index is 0.0474. The van der Waals surface area contributed by atoms with Crippen LogP contribution in [0, 0.1) is 4.77 Å². The number of benzene rings is 1. The number of hydrogen-bond acceptors (Lipinski definition) is 4. The zero-order valence-electron chi connectivity index (χ0n) is 16.1. The van der Waals surface area contributed by atoms with Crippen LogP contribution in [-0.2, 0) is 11.3 Å². The number of nitrogens with zero attached hydrogens (tertiary/aromatic N) is 3. The van der Waals surface area contributed by atoms with Gasteiger partial charge in [0.15, 0.2) is 4.77 Å². The molecule has 0 bridgehead atoms. The summed E-state index contributed by atoms with van der Waals surface area (Å²) < 4.78 is 8.11. The fourth-order valence-corrected chi connectivity index (χ4v) is 3.90. The number of nitrogens with one attached hydrogen (secondary N) is 1. The standard InChI is InChI=1S/C20H26N4O2S/c1-4-24-19(21-22-20(24)27)15-9-11-23(12-10-15)18(25)13-14(2)16-7-5-6-8-17(16)26-3/h5-8,13,15H,4,9-12H2,1-3H3,(H,22,27). The molecule has 0 spiro atoms. The summed E-state index contributed by atoms with van der Waals surface area (Å²) in [6, 6.07) is 7.75. The van der Waals surface area contributed by atoms with Crippen LogP contribution >= 0.6 is 12.2 Å². The summed E-state index contributed by atoms with van der Waals surface area (Å²) in [6.45, 7) is 6.27. The third-order valence-corrected chi connectivity index (χ3v) is 5.46. The summed E-state index contributed by atoms with van der Waals surface area (Å²) >= 11 is 5.28. The number of para-hydroxylation sites is 1. The van der Waals surface area contributed by atoms with Crippen molar-refractivity contribution >= 4 is 23.7 Å². The monoisotopic (exact) mass is 386 g/mol. The van der Waals surface area contributed by atoms with Crippen molar-refractivity contribution in [3.05, 3.63) is 46.5 Å². The van der Waals surface area contributed by atoms with Crippen LogP contribution < -0.4 is 4.74 Å². The topological polar surface area (TPSA) is 63.1 Å². The number of H-pyrrole nitrogens is 1. The lowest BCUT2D eigenvalue weighted by Gasteiger charge is -2.31. The van der Waals surface area contributed by atoms with E-state index in [9.17, 15) is 4.79 Å². The number of hydrogen-bond donors (Lipinski definition) is 1. The maximum absolute atomic E-state index is 12.7. The second-order valence-electron chi connectivity index (χ2n) is 6.76. The molecule has 7 heteroatoms. The van der Waals surface area contributed by atoms with E-state index in [0.717, 1.165) is 55.2 Å². The molecule has 27 heavy (non-hydrogen) atoms. The van der Waals surface area contributed by atoms with Crippen LogP contribution in [0.25, 0.3) is 5.57 Å². The zero-order valence-corrected chi connectivity index (χ0v) is 16.9. The number of allylic oxidation sites excluding steroid dienone is 1. The molecular formula is C20H26N4O2S. The first-order valence-electron chi connectivity index (χ1n) is 9.30. The van der Waals surface area contributed by atoms with Crippen molar-refractivity contribution in [2.24, 2.45) is 0 Å². The highest BCUT2D eigenvalue weighted by Crippen LogP contribution is 2.28. The van der Waals surface area contributed by atoms with Gasteiger partial charge >= 0.3 is 0 Å². The van der Waals surface area contributed by atoms with Gasteiger partial charge in [0, 0.05) is 37.2 Å². The molecule has 1 aromatic heterocycles. The molecule has 144 valence electrons. The second-order valence-corrected chi connectivity index (χ2v) is 7.15. The summed E-state index contributed by atoms with van der Waals surface area (Å²) in [6.07, 6.45) is 3.50. The van der Waals surface area contributed by atoms with E-state index in [1.807, 2.05) is 40.7 Å². The van der Waals surface area contributed by atoms with Gasteiger partial charge in [-0.3, -0.25) is 9.89 Å². The Balaban J connectivity index is 1.67. The molecule has 0 atom stereocenters. The Bertz CT molecular complexity index is 891. The SMILES string of the molecule is CCn1c(C2CCN(C(=O)C=C(C)c3ccccc3OC)CC2)n[nH]c1=S. The van der Waals surface area contributed by atoms with Gasteiger partial charge in [0.2, 0.25) is 5.91 Å². The number of likely N-dealkylation sites (tertiary alicyclic amines) is 1. The molecule has 0 saturated carbocycles. The van der Waals surface area contributed by atoms with E-state index in [1.54, 1.807) is 13.2 Å². The van der Waals surface area contributed by atoms with E-state index in [4.69, 9.17) is 17.0 Å². The lowest BCUT2D eigenvalue weighted by Crippen LogP contribution is -2.37. The third kappa shape index (κ3) is 4.13. The van der Waals surface area contributed by atoms with E-state index in [2.05, 4.69) is 17.1 Å². The number of aromatic amines is 1. The van der Waals surface area contributed by atoms with Crippen molar-refractivity contribution in [3.8, 4) is 5.75 Å². The van der Waals surface area contributed by atoms with Gasteiger partial charge < -0.3 is 14.2 Å². The van der Waals surface area contributed by atoms with Crippen LogP contribution in [0.5, 0.6) is 5.75 Å². The molecule has 3 rings (SSSR count). The fourth-order valence-electron chi connectivity index (χ4n) is 3.63. The molecule has 2 aromatic rings. The van der Waals surface area contributed by atoms with Gasteiger partial charge in [0.1, 0.15) is 11.6 Å². The lowest BCUT2D eigenvalue weighted by molar-refractivity contribution is -0.127. The predicted octanol–water partition coefficient (Wildman–Crippen LogP) is 3.78. The van der Waals surface area contributed by atoms with Crippen LogP contribution in [-0.4, -0.2) is 45.8 Å². The Labute approximate surface area is 164 Å². The number of carbonyl (C=O) groups is 1. The van der Waals surface area contributed by atoms with Crippen LogP contribution in [0.4, 0.5) is 0 Å². The van der Waals surface area contributed by atoms with E-state index < -0.39 is 0 Å². The van der Waals surface area contributed by atoms with E-state index in [0.29, 0.717) is 10.7 Å². The molecule has 1 amide bonds. The van der Waals surface area contributed by atoms with Crippen LogP contribution in [0.2, 0.25) is 0 Å². The molecule has 1 aliphatic rings. The predicted molar refractivity (Wildman–Crippen MR) is 108 cm³/mol. The largest absolute Gasteiger partial charge is 0.496 e. The van der Waals surface area contributed by atoms with Gasteiger partial charge in [0.25, 0.3) is 0 Å². The minimum Gasteiger partial charge on any atom is -0.496 e. The summed E-state index contributed by atoms with van der Waals surface area (Å²) in [5.74, 6) is 2.17. The molecule has 0 aliphatic carbocycles. The van der Waals surface area contributed by atoms with Gasteiger partial charge in [-0.1, -0.05) is 18.2 Å². The molecular weight excluding hydrogens is 360 g/mol. The molecule has 1 aromatic carbocycles. The van der Waals surface area contributed by atoms with Crippen molar-refractivity contribution in [2.75, 3.05) is 20.2 Å². The fraction of sp³-hybridized carbons (Fsp3) is 0.450. The maximum atomic E-state index is 12.7. The quantitative estimate of drug-likeness (QED) is 0.627. The average molecular weight is 387 g/mol. The lowest BCUT2D eigenvalue weighted by atomic mass is 9.95. The van der Waals surface area contributed by atoms with Gasteiger partial charge in [-0.25, -0.2) is 0 Å². The van der Waals surface area contributed by atoms with Crippen molar-refractivity contribution in [3.63, 3.8) is 0 Å². The number of piperidine rings is 1. The highest BCUT2D eigenvalue weighted by molar-refractivity contribution is 7.71. The molecule has 0 radical (unpaired) electrons. The Morgan fingerprint density at radius 1 is 1.37 bits per heavy atom.